The van der Waals surface area contributed by atoms with Crippen molar-refractivity contribution in [2.24, 2.45) is 0 Å². The van der Waals surface area contributed by atoms with Crippen molar-refractivity contribution in [3.8, 4) is 11.5 Å². The van der Waals surface area contributed by atoms with E-state index in [1.54, 1.807) is 30.3 Å². The summed E-state index contributed by atoms with van der Waals surface area (Å²) in [7, 11) is -3.83. The van der Waals surface area contributed by atoms with Crippen molar-refractivity contribution in [1.29, 1.82) is 0 Å². The van der Waals surface area contributed by atoms with Gasteiger partial charge in [-0.3, -0.25) is 9.52 Å². The highest BCUT2D eigenvalue weighted by Crippen LogP contribution is 2.33. The SMILES string of the molecule is O=C(Nc1cccc(N2CCCCC2)c1)c1ccc(NS(=O)(=O)c2ccc3c(c2)OCCO3)cc1. The van der Waals surface area contributed by atoms with E-state index in [1.807, 2.05) is 18.2 Å². The predicted molar refractivity (Wildman–Crippen MR) is 135 cm³/mol. The minimum atomic E-state index is -3.83. The zero-order valence-corrected chi connectivity index (χ0v) is 20.0. The van der Waals surface area contributed by atoms with Gasteiger partial charge in [0.2, 0.25) is 0 Å². The van der Waals surface area contributed by atoms with Crippen LogP contribution in [0.15, 0.2) is 71.6 Å². The summed E-state index contributed by atoms with van der Waals surface area (Å²) in [4.78, 5) is 15.2. The lowest BCUT2D eigenvalue weighted by atomic mass is 10.1. The summed E-state index contributed by atoms with van der Waals surface area (Å²) in [6, 6.07) is 18.6. The summed E-state index contributed by atoms with van der Waals surface area (Å²) in [6.07, 6.45) is 3.62. The van der Waals surface area contributed by atoms with Crippen molar-refractivity contribution in [1.82, 2.24) is 0 Å². The fourth-order valence-corrected chi connectivity index (χ4v) is 5.30. The number of benzene rings is 3. The maximum Gasteiger partial charge on any atom is 0.262 e. The highest BCUT2D eigenvalue weighted by molar-refractivity contribution is 7.92. The zero-order valence-electron chi connectivity index (χ0n) is 19.2. The quantitative estimate of drug-likeness (QED) is 0.525. The second kappa shape index (κ2) is 9.87. The van der Waals surface area contributed by atoms with Gasteiger partial charge in [-0.2, -0.15) is 0 Å². The van der Waals surface area contributed by atoms with E-state index in [0.717, 1.165) is 24.5 Å². The predicted octanol–water partition coefficient (Wildman–Crippen LogP) is 4.50. The van der Waals surface area contributed by atoms with Crippen LogP contribution >= 0.6 is 0 Å². The Morgan fingerprint density at radius 2 is 1.54 bits per heavy atom. The van der Waals surface area contributed by atoms with Crippen molar-refractivity contribution >= 4 is 33.0 Å². The van der Waals surface area contributed by atoms with Crippen molar-refractivity contribution in [3.05, 3.63) is 72.3 Å². The molecule has 1 amide bonds. The number of anilines is 3. The summed E-state index contributed by atoms with van der Waals surface area (Å²) in [5.41, 5.74) is 2.60. The number of hydrogen-bond donors (Lipinski definition) is 2. The van der Waals surface area contributed by atoms with Gasteiger partial charge in [0.05, 0.1) is 4.90 Å². The molecule has 0 spiro atoms. The highest BCUT2D eigenvalue weighted by Gasteiger charge is 2.20. The Labute approximate surface area is 204 Å². The van der Waals surface area contributed by atoms with Crippen LogP contribution in [0.5, 0.6) is 11.5 Å². The fraction of sp³-hybridized carbons (Fsp3) is 0.269. The molecule has 35 heavy (non-hydrogen) atoms. The number of piperidine rings is 1. The summed E-state index contributed by atoms with van der Waals surface area (Å²) in [5, 5.41) is 2.93. The van der Waals surface area contributed by atoms with Gasteiger partial charge in [0.15, 0.2) is 11.5 Å². The molecule has 3 aromatic rings. The van der Waals surface area contributed by atoms with Gasteiger partial charge < -0.3 is 19.7 Å². The average Bonchev–Trinajstić information content (AvgIpc) is 2.89. The number of carbonyl (C=O) groups is 1. The first-order chi connectivity index (χ1) is 17.0. The van der Waals surface area contributed by atoms with Crippen molar-refractivity contribution in [2.75, 3.05) is 41.2 Å². The van der Waals surface area contributed by atoms with Crippen LogP contribution in [0.3, 0.4) is 0 Å². The average molecular weight is 494 g/mol. The van der Waals surface area contributed by atoms with Gasteiger partial charge in [-0.05, 0) is 73.9 Å². The number of hydrogen-bond acceptors (Lipinski definition) is 6. The molecular formula is C26H27N3O5S. The first kappa shape index (κ1) is 23.0. The number of amides is 1. The molecule has 182 valence electrons. The summed E-state index contributed by atoms with van der Waals surface area (Å²) >= 11 is 0. The summed E-state index contributed by atoms with van der Waals surface area (Å²) in [5.74, 6) is 0.657. The standard InChI is InChI=1S/C26H27N3O5S/c30-26(27-21-5-4-6-22(17-21)29-13-2-1-3-14-29)19-7-9-20(10-8-19)28-35(31,32)23-11-12-24-25(18-23)34-16-15-33-24/h4-12,17-18,28H,1-3,13-16H2,(H,27,30). The third kappa shape index (κ3) is 5.35. The summed E-state index contributed by atoms with van der Waals surface area (Å²) < 4.78 is 39.1. The number of sulfonamides is 1. The smallest absolute Gasteiger partial charge is 0.262 e. The molecule has 2 N–H and O–H groups in total. The van der Waals surface area contributed by atoms with Crippen molar-refractivity contribution in [2.45, 2.75) is 24.2 Å². The van der Waals surface area contributed by atoms with E-state index in [1.165, 1.54) is 31.4 Å². The van der Waals surface area contributed by atoms with Crippen molar-refractivity contribution in [3.63, 3.8) is 0 Å². The van der Waals surface area contributed by atoms with Gasteiger partial charge in [0.1, 0.15) is 13.2 Å². The Hall–Kier alpha value is -3.72. The molecule has 5 rings (SSSR count). The van der Waals surface area contributed by atoms with Crippen LogP contribution in [0, 0.1) is 0 Å². The van der Waals surface area contributed by atoms with Crippen LogP contribution in [-0.4, -0.2) is 40.6 Å². The lowest BCUT2D eigenvalue weighted by Crippen LogP contribution is -2.29. The molecule has 0 bridgehead atoms. The first-order valence-corrected chi connectivity index (χ1v) is 13.2. The Morgan fingerprint density at radius 1 is 0.800 bits per heavy atom. The second-order valence-electron chi connectivity index (χ2n) is 8.54. The van der Waals surface area contributed by atoms with Crippen LogP contribution in [0.4, 0.5) is 17.1 Å². The van der Waals surface area contributed by atoms with E-state index in [2.05, 4.69) is 21.0 Å². The number of carbonyl (C=O) groups excluding carboxylic acids is 1. The molecule has 0 atom stereocenters. The minimum absolute atomic E-state index is 0.0668. The van der Waals surface area contributed by atoms with Crippen LogP contribution in [0.25, 0.3) is 0 Å². The van der Waals surface area contributed by atoms with E-state index < -0.39 is 10.0 Å². The Bertz CT molecular complexity index is 1320. The molecule has 3 aromatic carbocycles. The molecule has 0 unspecified atom stereocenters. The molecule has 0 aliphatic carbocycles. The van der Waals surface area contributed by atoms with Gasteiger partial charge >= 0.3 is 0 Å². The number of rotatable bonds is 6. The van der Waals surface area contributed by atoms with Gasteiger partial charge in [0.25, 0.3) is 15.9 Å². The number of nitrogens with zero attached hydrogens (tertiary/aromatic N) is 1. The van der Waals surface area contributed by atoms with Crippen LogP contribution in [-0.2, 0) is 10.0 Å². The third-order valence-electron chi connectivity index (χ3n) is 6.05. The molecule has 0 aromatic heterocycles. The minimum Gasteiger partial charge on any atom is -0.486 e. The highest BCUT2D eigenvalue weighted by atomic mass is 32.2. The van der Waals surface area contributed by atoms with E-state index in [9.17, 15) is 13.2 Å². The zero-order chi connectivity index (χ0) is 24.3. The molecule has 0 radical (unpaired) electrons. The van der Waals surface area contributed by atoms with Gasteiger partial charge in [0, 0.05) is 41.8 Å². The molecule has 1 fully saturated rings. The molecule has 9 heteroatoms. The number of fused-ring (bicyclic) bond motifs is 1. The van der Waals surface area contributed by atoms with Gasteiger partial charge in [-0.1, -0.05) is 6.07 Å². The molecule has 2 aliphatic heterocycles. The fourth-order valence-electron chi connectivity index (χ4n) is 4.23. The second-order valence-corrected chi connectivity index (χ2v) is 10.2. The third-order valence-corrected chi connectivity index (χ3v) is 7.43. The molecule has 8 nitrogen and oxygen atoms in total. The van der Waals surface area contributed by atoms with Gasteiger partial charge in [-0.25, -0.2) is 8.42 Å². The lowest BCUT2D eigenvalue weighted by Gasteiger charge is -2.29. The van der Waals surface area contributed by atoms with E-state index in [0.29, 0.717) is 36.0 Å². The topological polar surface area (TPSA) is 97.0 Å². The van der Waals surface area contributed by atoms with Crippen LogP contribution < -0.4 is 24.4 Å². The van der Waals surface area contributed by atoms with Crippen LogP contribution in [0.1, 0.15) is 29.6 Å². The first-order valence-electron chi connectivity index (χ1n) is 11.7. The monoisotopic (exact) mass is 493 g/mol. The molecule has 2 aliphatic rings. The molecule has 0 saturated carbocycles. The van der Waals surface area contributed by atoms with E-state index in [4.69, 9.17) is 9.47 Å². The largest absolute Gasteiger partial charge is 0.486 e. The summed E-state index contributed by atoms with van der Waals surface area (Å²) in [6.45, 7) is 2.86. The normalized spacial score (nSPS) is 15.4. The number of nitrogens with one attached hydrogen (secondary N) is 2. The van der Waals surface area contributed by atoms with Crippen LogP contribution in [0.2, 0.25) is 0 Å². The lowest BCUT2D eigenvalue weighted by molar-refractivity contribution is 0.102. The van der Waals surface area contributed by atoms with E-state index in [-0.39, 0.29) is 10.8 Å². The van der Waals surface area contributed by atoms with E-state index >= 15 is 0 Å². The van der Waals surface area contributed by atoms with Crippen molar-refractivity contribution < 1.29 is 22.7 Å². The molecule has 2 heterocycles. The Balaban J connectivity index is 1.24. The maximum absolute atomic E-state index is 12.8. The molecular weight excluding hydrogens is 466 g/mol. The molecule has 1 saturated heterocycles. The Kier molecular flexibility index (Phi) is 6.50. The Morgan fingerprint density at radius 3 is 2.31 bits per heavy atom. The number of ether oxygens (including phenoxy) is 2. The van der Waals surface area contributed by atoms with Gasteiger partial charge in [-0.15, -0.1) is 0 Å². The maximum atomic E-state index is 12.8.